The zero-order chi connectivity index (χ0) is 31.7. The summed E-state index contributed by atoms with van der Waals surface area (Å²) in [7, 11) is -3.33. The molecule has 3 unspecified atom stereocenters. The Hall–Kier alpha value is -2.70. The van der Waals surface area contributed by atoms with Gasteiger partial charge in [-0.3, -0.25) is 19.2 Å². The van der Waals surface area contributed by atoms with E-state index in [0.29, 0.717) is 13.0 Å². The van der Waals surface area contributed by atoms with Gasteiger partial charge in [-0.15, -0.1) is 0 Å². The number of hydrogen-bond acceptors (Lipinski definition) is 8. The summed E-state index contributed by atoms with van der Waals surface area (Å²) >= 11 is 0. The normalized spacial score (nSPS) is 23.1. The van der Waals surface area contributed by atoms with Gasteiger partial charge in [0.05, 0.1) is 11.8 Å². The maximum Gasteiger partial charge on any atom is 0.408 e. The second-order valence-corrected chi connectivity index (χ2v) is 16.2. The van der Waals surface area contributed by atoms with Crippen LogP contribution in [0.3, 0.4) is 0 Å². The van der Waals surface area contributed by atoms with Gasteiger partial charge in [0.25, 0.3) is 5.91 Å². The lowest BCUT2D eigenvalue weighted by atomic mass is 9.85. The van der Waals surface area contributed by atoms with Crippen LogP contribution in [0, 0.1) is 22.7 Å². The number of ketones is 1. The number of nitrogens with zero attached hydrogens (tertiary/aromatic N) is 1. The van der Waals surface area contributed by atoms with E-state index in [4.69, 9.17) is 4.74 Å². The van der Waals surface area contributed by atoms with E-state index in [-0.39, 0.29) is 36.0 Å². The van der Waals surface area contributed by atoms with Gasteiger partial charge in [0, 0.05) is 19.3 Å². The molecule has 1 saturated carbocycles. The summed E-state index contributed by atoms with van der Waals surface area (Å²) in [6, 6.07) is -3.02. The van der Waals surface area contributed by atoms with E-state index in [1.54, 1.807) is 48.5 Å². The van der Waals surface area contributed by atoms with Gasteiger partial charge in [0.1, 0.15) is 27.5 Å². The molecule has 4 amide bonds. The summed E-state index contributed by atoms with van der Waals surface area (Å²) in [6.45, 7) is 16.5. The lowest BCUT2D eigenvalue weighted by Gasteiger charge is -2.38. The number of nitrogens with one attached hydrogen (secondary N) is 3. The van der Waals surface area contributed by atoms with Gasteiger partial charge in [-0.1, -0.05) is 48.0 Å². The molecule has 234 valence electrons. The number of rotatable bonds is 11. The lowest BCUT2D eigenvalue weighted by Crippen LogP contribution is -2.60. The molecule has 2 fully saturated rings. The molecule has 1 aliphatic heterocycles. The zero-order valence-corrected chi connectivity index (χ0v) is 26.9. The molecule has 1 saturated heterocycles. The van der Waals surface area contributed by atoms with E-state index in [0.717, 1.165) is 6.26 Å². The number of carbonyl (C=O) groups is 5. The quantitative estimate of drug-likeness (QED) is 0.299. The summed E-state index contributed by atoms with van der Waals surface area (Å²) < 4.78 is 28.1. The molecular weight excluding hydrogens is 552 g/mol. The number of alkyl carbamates (subject to hydrolysis) is 1. The minimum absolute atomic E-state index is 0.0592. The highest BCUT2D eigenvalue weighted by Gasteiger charge is 2.70. The molecule has 1 heterocycles. The van der Waals surface area contributed by atoms with E-state index in [1.165, 1.54) is 4.90 Å². The first-order chi connectivity index (χ1) is 18.5. The molecule has 0 bridgehead atoms. The summed E-state index contributed by atoms with van der Waals surface area (Å²) in [5, 5.41) is 7.70. The number of ether oxygens (including phenoxy) is 1. The van der Waals surface area contributed by atoms with Crippen molar-refractivity contribution in [3.63, 3.8) is 0 Å². The fourth-order valence-corrected chi connectivity index (χ4v) is 5.94. The standard InChI is InChI=1S/C28H48N4O8S/c1-11-12-17(20(33)23(35)29-13-14-41(10,38)39)30-22(34)19-18-16(28(18,8)9)15-32(19)24(36)21(26(2,3)4)31-25(37)40-27(5,6)7/h16-19,21H,11-15H2,1-10H3,(H,29,35)(H,30,34)(H,31,37)/t16?,17?,18?,19-,21+/m0/s1. The second kappa shape index (κ2) is 12.3. The number of carbonyl (C=O) groups excluding carboxylic acids is 5. The predicted octanol–water partition coefficient (Wildman–Crippen LogP) is 1.42. The fraction of sp³-hybridized carbons (Fsp3) is 0.821. The Balaban J connectivity index is 2.26. The molecule has 0 radical (unpaired) electrons. The molecule has 13 heteroatoms. The van der Waals surface area contributed by atoms with E-state index >= 15 is 0 Å². The monoisotopic (exact) mass is 600 g/mol. The third-order valence-corrected chi connectivity index (χ3v) is 8.67. The van der Waals surface area contributed by atoms with Gasteiger partial charge in [0.15, 0.2) is 0 Å². The Morgan fingerprint density at radius 1 is 1.02 bits per heavy atom. The third-order valence-electron chi connectivity index (χ3n) is 7.73. The predicted molar refractivity (Wildman–Crippen MR) is 153 cm³/mol. The van der Waals surface area contributed by atoms with Crippen LogP contribution in [0.2, 0.25) is 0 Å². The van der Waals surface area contributed by atoms with Gasteiger partial charge in [-0.25, -0.2) is 13.2 Å². The van der Waals surface area contributed by atoms with Crippen LogP contribution in [0.5, 0.6) is 0 Å². The Morgan fingerprint density at radius 3 is 2.10 bits per heavy atom. The van der Waals surface area contributed by atoms with Crippen molar-refractivity contribution in [3.8, 4) is 0 Å². The van der Waals surface area contributed by atoms with Crippen LogP contribution in [-0.2, 0) is 33.8 Å². The van der Waals surface area contributed by atoms with Crippen molar-refractivity contribution in [1.82, 2.24) is 20.9 Å². The lowest BCUT2D eigenvalue weighted by molar-refractivity contribution is -0.145. The van der Waals surface area contributed by atoms with Crippen molar-refractivity contribution in [2.75, 3.05) is 25.1 Å². The molecule has 1 aliphatic carbocycles. The molecule has 0 aromatic carbocycles. The number of fused-ring (bicyclic) bond motifs is 1. The molecule has 0 aromatic heterocycles. The van der Waals surface area contributed by atoms with Crippen molar-refractivity contribution in [3.05, 3.63) is 0 Å². The van der Waals surface area contributed by atoms with Crippen LogP contribution < -0.4 is 16.0 Å². The van der Waals surface area contributed by atoms with Crippen molar-refractivity contribution >= 4 is 39.4 Å². The average molecular weight is 601 g/mol. The number of Topliss-reactive ketones (excluding diaryl/α,β-unsaturated/α-hetero) is 1. The largest absolute Gasteiger partial charge is 0.444 e. The molecule has 2 aliphatic rings. The van der Waals surface area contributed by atoms with Crippen LogP contribution in [0.4, 0.5) is 4.79 Å². The first kappa shape index (κ1) is 34.5. The molecule has 5 atom stereocenters. The van der Waals surface area contributed by atoms with Gasteiger partial charge in [-0.05, 0) is 49.9 Å². The Bertz CT molecular complexity index is 1150. The van der Waals surface area contributed by atoms with Crippen LogP contribution in [0.15, 0.2) is 0 Å². The van der Waals surface area contributed by atoms with Crippen molar-refractivity contribution in [1.29, 1.82) is 0 Å². The maximum absolute atomic E-state index is 13.9. The highest BCUT2D eigenvalue weighted by Crippen LogP contribution is 2.65. The van der Waals surface area contributed by atoms with Crippen LogP contribution in [0.1, 0.15) is 75.2 Å². The first-order valence-electron chi connectivity index (χ1n) is 14.1. The molecule has 12 nitrogen and oxygen atoms in total. The molecule has 3 N–H and O–H groups in total. The Kier molecular flexibility index (Phi) is 10.3. The smallest absolute Gasteiger partial charge is 0.408 e. The summed E-state index contributed by atoms with van der Waals surface area (Å²) in [5.74, 6) is -3.25. The summed E-state index contributed by atoms with van der Waals surface area (Å²) in [6.07, 6.45) is 0.958. The Morgan fingerprint density at radius 2 is 1.61 bits per heavy atom. The molecule has 0 aromatic rings. The summed E-state index contributed by atoms with van der Waals surface area (Å²) in [5.41, 5.74) is -1.68. The SMILES string of the molecule is CCCC(NC(=O)[C@@H]1C2C(CN1C(=O)[C@@H](NC(=O)OC(C)(C)C)C(C)(C)C)C2(C)C)C(=O)C(=O)NCCS(C)(=O)=O. The molecule has 2 rings (SSSR count). The molecular formula is C28H48N4O8S. The van der Waals surface area contributed by atoms with Gasteiger partial charge in [0.2, 0.25) is 17.6 Å². The molecule has 0 spiro atoms. The van der Waals surface area contributed by atoms with Crippen molar-refractivity contribution < 1.29 is 37.1 Å². The van der Waals surface area contributed by atoms with Gasteiger partial charge >= 0.3 is 6.09 Å². The fourth-order valence-electron chi connectivity index (χ4n) is 5.46. The van der Waals surface area contributed by atoms with E-state index < -0.39 is 68.6 Å². The van der Waals surface area contributed by atoms with Gasteiger partial charge < -0.3 is 25.6 Å². The van der Waals surface area contributed by atoms with E-state index in [2.05, 4.69) is 16.0 Å². The number of sulfone groups is 1. The summed E-state index contributed by atoms with van der Waals surface area (Å²) in [4.78, 5) is 67.2. The van der Waals surface area contributed by atoms with Crippen molar-refractivity contribution in [2.24, 2.45) is 22.7 Å². The topological polar surface area (TPSA) is 168 Å². The first-order valence-corrected chi connectivity index (χ1v) is 16.2. The average Bonchev–Trinajstić information content (AvgIpc) is 3.13. The number of amides is 4. The Labute approximate surface area is 244 Å². The maximum atomic E-state index is 13.9. The highest BCUT2D eigenvalue weighted by molar-refractivity contribution is 7.90. The minimum atomic E-state index is -3.33. The number of likely N-dealkylation sites (tertiary alicyclic amines) is 1. The van der Waals surface area contributed by atoms with E-state index in [1.807, 2.05) is 13.8 Å². The molecule has 41 heavy (non-hydrogen) atoms. The zero-order valence-electron chi connectivity index (χ0n) is 26.0. The van der Waals surface area contributed by atoms with Crippen LogP contribution in [-0.4, -0.2) is 91.7 Å². The minimum Gasteiger partial charge on any atom is -0.444 e. The van der Waals surface area contributed by atoms with Crippen molar-refractivity contribution in [2.45, 2.75) is 98.9 Å². The van der Waals surface area contributed by atoms with Crippen LogP contribution >= 0.6 is 0 Å². The van der Waals surface area contributed by atoms with E-state index in [9.17, 15) is 32.4 Å². The number of hydrogen-bond donors (Lipinski definition) is 3. The van der Waals surface area contributed by atoms with Gasteiger partial charge in [-0.2, -0.15) is 0 Å². The third kappa shape index (κ3) is 8.89. The second-order valence-electron chi connectivity index (χ2n) is 13.9. The number of piperidine rings is 1. The van der Waals surface area contributed by atoms with Crippen LogP contribution in [0.25, 0.3) is 0 Å². The highest BCUT2D eigenvalue weighted by atomic mass is 32.2.